The number of hydrogen-bond acceptors (Lipinski definition) is 21. The van der Waals surface area contributed by atoms with E-state index < -0.39 is 0 Å². The standard InChI is InChI=1S/C34H41N7O2.C32H40N6O2.C31H38N6O2.3H2S/c1-5-31(42)36-28-15-18-41(20-25(28)19-35-3)33-27-14-17-40(30-13-7-11-24-10-6-9-23(2)32(24)30)21-29(27)37-34(38-33)43-22-26-12-8-16-39(26)4;1-4-29(39)33-24-13-17-37(18-14-24)31-26-15-19-38(28-12-6-10-23-9-5-8-22(2)30(23)28)20-27(26)34-32(35-31)40-21-25-11-7-16-36(25)3;1-4-28(38)32-23-13-16-37(18-23)30-25-14-17-36(27-12-6-10-22-9-5-8-21(2)29(22)27)19-26(25)33-31(34-30)39-20-24-11-7-15-35(24)3;;;/h5-7,9-11,13,25-26,28H,1,8,12,14-22H2,2,4H3,(H,36,42);4-6,8-10,12,24-25H,1,7,11,13-21H2,2-3H3,(H,33,39);4-6,8-10,12,23-24H,1,7,11,13-20H2,2-3H3,(H,32,38);3*1H2/t25-,26-,28?;25-;23?,24-;;;/m000.../s1. The summed E-state index contributed by atoms with van der Waals surface area (Å²) in [4.78, 5) is 91.0. The van der Waals surface area contributed by atoms with Crippen LogP contribution in [-0.4, -0.2) is 225 Å². The predicted octanol–water partition coefficient (Wildman–Crippen LogP) is 12.8. The van der Waals surface area contributed by atoms with Crippen LogP contribution < -0.4 is 59.6 Å². The molecule has 28 heteroatoms. The van der Waals surface area contributed by atoms with Crippen LogP contribution in [0.5, 0.6) is 18.0 Å². The Labute approximate surface area is 758 Å². The summed E-state index contributed by atoms with van der Waals surface area (Å²) in [5.74, 6) is 2.45. The molecule has 18 rings (SSSR count). The molecule has 9 aliphatic heterocycles. The maximum absolute atomic E-state index is 12.1. The molecule has 662 valence electrons. The summed E-state index contributed by atoms with van der Waals surface area (Å²) in [6.45, 7) is 39.7. The average Bonchev–Trinajstić information content (AvgIpc) is 1.02. The summed E-state index contributed by atoms with van der Waals surface area (Å²) in [5, 5.41) is 16.8. The number of hydrogen-bond donors (Lipinski definition) is 3. The van der Waals surface area contributed by atoms with Crippen LogP contribution >= 0.6 is 40.5 Å². The molecule has 0 saturated carbocycles. The number of rotatable bonds is 22. The number of benzene rings is 6. The SMILES string of the molecule is C=CC(=O)NC1CCN(c2nc(OC[C@@H]3CCCN3C)nc3c2CCN(c2cccc4cccc(C)c24)C3)C1.C=CC(=O)NC1CCN(c2nc(OC[C@@H]3CCCN3C)nc3c2CCN(c2cccc4cccc(C)c24)C3)CC1.S.S.S.[C-]#[N+]C[C@H]1CN(c2nc(OC[C@@H]3CCCN3C)nc3c2CCN(c2cccc4cccc(C)c24)C3)CCC1NC(=O)C=C. The molecule has 6 fully saturated rings. The number of likely N-dealkylation sites (tertiary alicyclic amines) is 3. The minimum Gasteiger partial charge on any atom is -0.462 e. The topological polar surface area (TPSA) is 226 Å². The van der Waals surface area contributed by atoms with E-state index in [1.54, 1.807) is 0 Å². The highest BCUT2D eigenvalue weighted by Crippen LogP contribution is 2.42. The number of carbonyl (C=O) groups excluding carboxylic acids is 3. The second-order valence-corrected chi connectivity index (χ2v) is 34.7. The van der Waals surface area contributed by atoms with Gasteiger partial charge >= 0.3 is 18.0 Å². The van der Waals surface area contributed by atoms with Crippen LogP contribution in [-0.2, 0) is 53.3 Å². The summed E-state index contributed by atoms with van der Waals surface area (Å²) in [5.41, 5.74) is 14.3. The monoisotopic (exact) mass is 1750 g/mol. The molecule has 125 heavy (non-hydrogen) atoms. The Morgan fingerprint density at radius 2 is 0.752 bits per heavy atom. The molecule has 3 N–H and O–H groups in total. The van der Waals surface area contributed by atoms with Crippen molar-refractivity contribution in [3.63, 3.8) is 0 Å². The molecule has 6 atom stereocenters. The van der Waals surface area contributed by atoms with E-state index in [0.29, 0.717) is 82.2 Å². The molecule has 0 spiro atoms. The van der Waals surface area contributed by atoms with Crippen molar-refractivity contribution >= 4 is 125 Å². The third-order valence-corrected chi connectivity index (χ3v) is 26.8. The highest BCUT2D eigenvalue weighted by Gasteiger charge is 2.39. The molecule has 6 saturated heterocycles. The van der Waals surface area contributed by atoms with Gasteiger partial charge in [0, 0.05) is 145 Å². The lowest BCUT2D eigenvalue weighted by Gasteiger charge is -2.39. The molecule has 2 unspecified atom stereocenters. The van der Waals surface area contributed by atoms with Crippen molar-refractivity contribution in [3.8, 4) is 18.0 Å². The number of fused-ring (bicyclic) bond motifs is 6. The maximum Gasteiger partial charge on any atom is 0.318 e. The number of nitrogens with one attached hydrogen (secondary N) is 3. The van der Waals surface area contributed by atoms with Crippen molar-refractivity contribution in [2.45, 2.75) is 160 Å². The van der Waals surface area contributed by atoms with Gasteiger partial charge in [-0.05, 0) is 214 Å². The summed E-state index contributed by atoms with van der Waals surface area (Å²) in [7, 11) is 6.47. The Morgan fingerprint density at radius 1 is 0.416 bits per heavy atom. The molecule has 6 aromatic carbocycles. The zero-order chi connectivity index (χ0) is 84.5. The number of ether oxygens (including phenoxy) is 3. The van der Waals surface area contributed by atoms with Crippen molar-refractivity contribution in [2.75, 3.05) is 155 Å². The lowest BCUT2D eigenvalue weighted by molar-refractivity contribution is -0.118. The van der Waals surface area contributed by atoms with Gasteiger partial charge in [0.1, 0.15) is 37.3 Å². The van der Waals surface area contributed by atoms with E-state index in [9.17, 15) is 14.4 Å². The van der Waals surface area contributed by atoms with Gasteiger partial charge in [0.25, 0.3) is 0 Å². The van der Waals surface area contributed by atoms with E-state index in [1.807, 2.05) is 0 Å². The summed E-state index contributed by atoms with van der Waals surface area (Å²) in [6, 6.07) is 41.9. The first kappa shape index (κ1) is 92.3. The first-order chi connectivity index (χ1) is 59.4. The van der Waals surface area contributed by atoms with Crippen molar-refractivity contribution in [3.05, 3.63) is 209 Å². The van der Waals surface area contributed by atoms with E-state index in [1.165, 1.54) is 115 Å². The Hall–Kier alpha value is -10.4. The van der Waals surface area contributed by atoms with E-state index in [2.05, 4.69) is 236 Å². The summed E-state index contributed by atoms with van der Waals surface area (Å²) < 4.78 is 18.9. The van der Waals surface area contributed by atoms with Gasteiger partial charge in [-0.3, -0.25) is 14.4 Å². The van der Waals surface area contributed by atoms with Gasteiger partial charge in [-0.2, -0.15) is 70.4 Å². The van der Waals surface area contributed by atoms with Gasteiger partial charge in [-0.25, -0.2) is 6.57 Å². The van der Waals surface area contributed by atoms with Gasteiger partial charge in [0.05, 0.1) is 42.6 Å². The number of nitrogens with zero attached hydrogens (tertiary/aromatic N) is 16. The molecular weight excluding hydrogens is 1620 g/mol. The number of carbonyl (C=O) groups is 3. The van der Waals surface area contributed by atoms with Crippen LogP contribution in [0.1, 0.15) is 115 Å². The Morgan fingerprint density at radius 3 is 1.12 bits per heavy atom. The Balaban J connectivity index is 0.000000159. The van der Waals surface area contributed by atoms with Crippen LogP contribution in [0.3, 0.4) is 0 Å². The highest BCUT2D eigenvalue weighted by atomic mass is 32.1. The van der Waals surface area contributed by atoms with Crippen LogP contribution in [0.4, 0.5) is 34.5 Å². The van der Waals surface area contributed by atoms with E-state index in [-0.39, 0.29) is 82.3 Å². The average molecular weight is 1750 g/mol. The maximum atomic E-state index is 12.1. The highest BCUT2D eigenvalue weighted by molar-refractivity contribution is 7.59. The Kier molecular flexibility index (Phi) is 31.2. The van der Waals surface area contributed by atoms with Crippen LogP contribution in [0, 0.1) is 33.3 Å². The number of anilines is 6. The molecule has 0 radical (unpaired) electrons. The number of aromatic nitrogens is 6. The van der Waals surface area contributed by atoms with Gasteiger partial charge in [-0.15, -0.1) is 0 Å². The largest absolute Gasteiger partial charge is 0.462 e. The van der Waals surface area contributed by atoms with Crippen LogP contribution in [0.15, 0.2) is 147 Å². The molecule has 0 bridgehead atoms. The minimum atomic E-state index is -0.191. The fourth-order valence-corrected chi connectivity index (χ4v) is 19.9. The summed E-state index contributed by atoms with van der Waals surface area (Å²) in [6.07, 6.45) is 16.9. The van der Waals surface area contributed by atoms with Crippen LogP contribution in [0.25, 0.3) is 37.2 Å². The quantitative estimate of drug-likeness (QED) is 0.0423. The van der Waals surface area contributed by atoms with Gasteiger partial charge in [-0.1, -0.05) is 111 Å². The van der Waals surface area contributed by atoms with Crippen molar-refractivity contribution in [2.24, 2.45) is 5.92 Å². The van der Waals surface area contributed by atoms with Gasteiger partial charge in [0.2, 0.25) is 24.3 Å². The second kappa shape index (κ2) is 42.3. The summed E-state index contributed by atoms with van der Waals surface area (Å²) >= 11 is 0. The third-order valence-electron chi connectivity index (χ3n) is 26.8. The fraction of sp³-hybridized carbons (Fsp3) is 0.464. The normalized spacial score (nSPS) is 20.7. The predicted molar refractivity (Wildman–Crippen MR) is 517 cm³/mol. The van der Waals surface area contributed by atoms with Crippen molar-refractivity contribution in [1.82, 2.24) is 60.6 Å². The number of amides is 3. The molecule has 9 aliphatic rings. The zero-order valence-electron chi connectivity index (χ0n) is 73.5. The van der Waals surface area contributed by atoms with Gasteiger partial charge < -0.3 is 79.1 Å². The second-order valence-electron chi connectivity index (χ2n) is 34.7. The zero-order valence-corrected chi connectivity index (χ0v) is 76.5. The Bertz CT molecular complexity index is 5380. The molecule has 12 heterocycles. The molecule has 3 amide bonds. The molecule has 0 aliphatic carbocycles. The molecule has 9 aromatic rings. The number of likely N-dealkylation sites (N-methyl/N-ethyl adjacent to an activating group) is 3. The lowest BCUT2D eigenvalue weighted by Crippen LogP contribution is -2.52. The smallest absolute Gasteiger partial charge is 0.318 e. The molecule has 3 aromatic heterocycles. The van der Waals surface area contributed by atoms with Crippen LogP contribution in [0.2, 0.25) is 0 Å². The number of piperidine rings is 2. The lowest BCUT2D eigenvalue weighted by atomic mass is 9.91. The van der Waals surface area contributed by atoms with Crippen molar-refractivity contribution < 1.29 is 28.6 Å². The first-order valence-electron chi connectivity index (χ1n) is 44.2. The molecular formula is C97H125N19O6S3. The third kappa shape index (κ3) is 21.2. The minimum absolute atomic E-state index is 0. The van der Waals surface area contributed by atoms with E-state index >= 15 is 0 Å². The van der Waals surface area contributed by atoms with Crippen molar-refractivity contribution in [1.29, 1.82) is 0 Å². The first-order valence-corrected chi connectivity index (χ1v) is 44.2. The molecule has 25 nitrogen and oxygen atoms in total. The number of aryl methyl sites for hydroxylation is 3. The fourth-order valence-electron chi connectivity index (χ4n) is 19.9. The van der Waals surface area contributed by atoms with E-state index in [0.717, 1.165) is 183 Å². The van der Waals surface area contributed by atoms with Gasteiger partial charge in [0.15, 0.2) is 0 Å². The van der Waals surface area contributed by atoms with E-state index in [4.69, 9.17) is 50.7 Å².